The van der Waals surface area contributed by atoms with Crippen LogP contribution in [0.2, 0.25) is 0 Å². The Morgan fingerprint density at radius 3 is 2.17 bits per heavy atom. The SMILES string of the molecule is C[C@H](OC(=O)c1ccccc1)C(=O)[C@H](C)[C@@H](C)O. The smallest absolute Gasteiger partial charge is 0.338 e. The van der Waals surface area contributed by atoms with E-state index in [1.54, 1.807) is 37.3 Å². The molecule has 1 aromatic rings. The van der Waals surface area contributed by atoms with Crippen LogP contribution in [0.25, 0.3) is 0 Å². The highest BCUT2D eigenvalue weighted by atomic mass is 16.5. The van der Waals surface area contributed by atoms with E-state index in [2.05, 4.69) is 0 Å². The van der Waals surface area contributed by atoms with Gasteiger partial charge in [-0.1, -0.05) is 25.1 Å². The van der Waals surface area contributed by atoms with Crippen LogP contribution in [-0.4, -0.2) is 29.1 Å². The van der Waals surface area contributed by atoms with Crippen molar-refractivity contribution < 1.29 is 19.4 Å². The lowest BCUT2D eigenvalue weighted by Crippen LogP contribution is -2.33. The first-order valence-electron chi connectivity index (χ1n) is 5.91. The largest absolute Gasteiger partial charge is 0.451 e. The normalized spacial score (nSPS) is 15.6. The Balaban J connectivity index is 2.63. The first-order valence-corrected chi connectivity index (χ1v) is 5.91. The van der Waals surface area contributed by atoms with Crippen molar-refractivity contribution >= 4 is 11.8 Å². The molecule has 98 valence electrons. The first-order chi connectivity index (χ1) is 8.43. The number of hydrogen-bond acceptors (Lipinski definition) is 4. The van der Waals surface area contributed by atoms with Gasteiger partial charge in [0, 0.05) is 5.92 Å². The van der Waals surface area contributed by atoms with E-state index in [-0.39, 0.29) is 5.78 Å². The molecule has 0 spiro atoms. The third-order valence-corrected chi connectivity index (χ3v) is 2.87. The molecule has 1 aromatic carbocycles. The molecule has 4 nitrogen and oxygen atoms in total. The van der Waals surface area contributed by atoms with Crippen LogP contribution >= 0.6 is 0 Å². The minimum atomic E-state index is -0.859. The summed E-state index contributed by atoms with van der Waals surface area (Å²) >= 11 is 0. The summed E-state index contributed by atoms with van der Waals surface area (Å²) in [5, 5.41) is 9.33. The second-order valence-electron chi connectivity index (χ2n) is 4.35. The Bertz CT molecular complexity index is 411. The van der Waals surface area contributed by atoms with Crippen LogP contribution in [0.15, 0.2) is 30.3 Å². The summed E-state index contributed by atoms with van der Waals surface area (Å²) in [5.74, 6) is -1.37. The van der Waals surface area contributed by atoms with Crippen LogP contribution in [0.3, 0.4) is 0 Å². The molecule has 0 aliphatic carbocycles. The number of esters is 1. The fraction of sp³-hybridized carbons (Fsp3) is 0.429. The topological polar surface area (TPSA) is 63.6 Å². The lowest BCUT2D eigenvalue weighted by atomic mass is 9.97. The summed E-state index contributed by atoms with van der Waals surface area (Å²) in [7, 11) is 0. The van der Waals surface area contributed by atoms with Gasteiger partial charge in [0.2, 0.25) is 0 Å². The van der Waals surface area contributed by atoms with Gasteiger partial charge in [-0.2, -0.15) is 0 Å². The summed E-state index contributed by atoms with van der Waals surface area (Å²) in [5.41, 5.74) is 0.404. The zero-order chi connectivity index (χ0) is 13.7. The molecule has 0 aromatic heterocycles. The Labute approximate surface area is 107 Å². The van der Waals surface area contributed by atoms with Crippen LogP contribution in [0, 0.1) is 5.92 Å². The maximum atomic E-state index is 11.8. The minimum absolute atomic E-state index is 0.283. The molecule has 1 N–H and O–H groups in total. The molecule has 0 saturated heterocycles. The standard InChI is InChI=1S/C14H18O4/c1-9(10(2)15)13(16)11(3)18-14(17)12-7-5-4-6-8-12/h4-11,15H,1-3H3/t9-,10-,11+/m1/s1. The van der Waals surface area contributed by atoms with Crippen LogP contribution in [0.4, 0.5) is 0 Å². The van der Waals surface area contributed by atoms with Crippen molar-refractivity contribution in [3.05, 3.63) is 35.9 Å². The highest BCUT2D eigenvalue weighted by Crippen LogP contribution is 2.11. The second kappa shape index (κ2) is 6.31. The monoisotopic (exact) mass is 250 g/mol. The van der Waals surface area contributed by atoms with Gasteiger partial charge in [0.15, 0.2) is 11.9 Å². The minimum Gasteiger partial charge on any atom is -0.451 e. The van der Waals surface area contributed by atoms with E-state index >= 15 is 0 Å². The molecule has 1 rings (SSSR count). The van der Waals surface area contributed by atoms with Gasteiger partial charge in [-0.25, -0.2) is 4.79 Å². The molecule has 0 radical (unpaired) electrons. The lowest BCUT2D eigenvalue weighted by Gasteiger charge is -2.18. The number of carbonyl (C=O) groups excluding carboxylic acids is 2. The quantitative estimate of drug-likeness (QED) is 0.810. The maximum absolute atomic E-state index is 11.8. The van der Waals surface area contributed by atoms with E-state index in [0.29, 0.717) is 5.56 Å². The van der Waals surface area contributed by atoms with E-state index < -0.39 is 24.1 Å². The van der Waals surface area contributed by atoms with Crippen molar-refractivity contribution in [1.82, 2.24) is 0 Å². The number of ether oxygens (including phenoxy) is 1. The van der Waals surface area contributed by atoms with E-state index in [0.717, 1.165) is 0 Å². The molecule has 0 saturated carbocycles. The molecule has 18 heavy (non-hydrogen) atoms. The maximum Gasteiger partial charge on any atom is 0.338 e. The molecule has 0 unspecified atom stereocenters. The summed E-state index contributed by atoms with van der Waals surface area (Å²) in [6.07, 6.45) is -1.61. The Morgan fingerprint density at radius 2 is 1.67 bits per heavy atom. The summed E-state index contributed by atoms with van der Waals surface area (Å²) in [6, 6.07) is 8.49. The van der Waals surface area contributed by atoms with Crippen LogP contribution < -0.4 is 0 Å². The summed E-state index contributed by atoms with van der Waals surface area (Å²) < 4.78 is 5.07. The number of rotatable bonds is 5. The number of ketones is 1. The van der Waals surface area contributed by atoms with Gasteiger partial charge >= 0.3 is 5.97 Å². The molecule has 0 aliphatic rings. The third-order valence-electron chi connectivity index (χ3n) is 2.87. The third kappa shape index (κ3) is 3.67. The van der Waals surface area contributed by atoms with Crippen molar-refractivity contribution in [2.24, 2.45) is 5.92 Å². The highest BCUT2D eigenvalue weighted by molar-refractivity contribution is 5.93. The van der Waals surface area contributed by atoms with E-state index in [9.17, 15) is 14.7 Å². The molecule has 0 bridgehead atoms. The Hall–Kier alpha value is -1.68. The Morgan fingerprint density at radius 1 is 1.11 bits per heavy atom. The molecule has 0 fully saturated rings. The van der Waals surface area contributed by atoms with Gasteiger partial charge in [0.05, 0.1) is 11.7 Å². The molecular formula is C14H18O4. The van der Waals surface area contributed by atoms with Crippen molar-refractivity contribution in [3.63, 3.8) is 0 Å². The first kappa shape index (κ1) is 14.4. The number of hydrogen-bond donors (Lipinski definition) is 1. The molecule has 3 atom stereocenters. The van der Waals surface area contributed by atoms with Crippen molar-refractivity contribution in [1.29, 1.82) is 0 Å². The van der Waals surface area contributed by atoms with E-state index in [1.807, 2.05) is 0 Å². The average molecular weight is 250 g/mol. The molecule has 0 amide bonds. The summed E-state index contributed by atoms with van der Waals surface area (Å²) in [4.78, 5) is 23.5. The van der Waals surface area contributed by atoms with Crippen LogP contribution in [0.5, 0.6) is 0 Å². The Kier molecular flexibility index (Phi) is 5.04. The van der Waals surface area contributed by atoms with Crippen molar-refractivity contribution in [2.75, 3.05) is 0 Å². The van der Waals surface area contributed by atoms with Crippen LogP contribution in [0.1, 0.15) is 31.1 Å². The zero-order valence-electron chi connectivity index (χ0n) is 10.8. The van der Waals surface area contributed by atoms with Gasteiger partial charge < -0.3 is 9.84 Å². The van der Waals surface area contributed by atoms with E-state index in [1.165, 1.54) is 13.8 Å². The predicted octanol–water partition coefficient (Wildman–Crippen LogP) is 1.82. The second-order valence-corrected chi connectivity index (χ2v) is 4.35. The van der Waals surface area contributed by atoms with Crippen molar-refractivity contribution in [3.8, 4) is 0 Å². The fourth-order valence-corrected chi connectivity index (χ4v) is 1.47. The average Bonchev–Trinajstić information content (AvgIpc) is 2.37. The predicted molar refractivity (Wildman–Crippen MR) is 67.2 cm³/mol. The number of aliphatic hydroxyl groups is 1. The number of aliphatic hydroxyl groups excluding tert-OH is 1. The van der Waals surface area contributed by atoms with Gasteiger partial charge in [-0.15, -0.1) is 0 Å². The fourth-order valence-electron chi connectivity index (χ4n) is 1.47. The highest BCUT2D eigenvalue weighted by Gasteiger charge is 2.26. The lowest BCUT2D eigenvalue weighted by molar-refractivity contribution is -0.133. The van der Waals surface area contributed by atoms with Gasteiger partial charge in [0.1, 0.15) is 0 Å². The number of Topliss-reactive ketones (excluding diaryl/α,β-unsaturated/α-hetero) is 1. The van der Waals surface area contributed by atoms with Gasteiger partial charge in [-0.05, 0) is 26.0 Å². The van der Waals surface area contributed by atoms with Crippen molar-refractivity contribution in [2.45, 2.75) is 33.0 Å². The van der Waals surface area contributed by atoms with E-state index in [4.69, 9.17) is 4.74 Å². The van der Waals surface area contributed by atoms with Crippen LogP contribution in [-0.2, 0) is 9.53 Å². The molecular weight excluding hydrogens is 232 g/mol. The molecule has 0 aliphatic heterocycles. The van der Waals surface area contributed by atoms with Gasteiger partial charge in [0.25, 0.3) is 0 Å². The molecule has 4 heteroatoms. The number of benzene rings is 1. The number of carbonyl (C=O) groups is 2. The van der Waals surface area contributed by atoms with Gasteiger partial charge in [-0.3, -0.25) is 4.79 Å². The molecule has 0 heterocycles. The zero-order valence-corrected chi connectivity index (χ0v) is 10.8. The summed E-state index contributed by atoms with van der Waals surface area (Å²) in [6.45, 7) is 4.66.